The molecule has 0 aromatic heterocycles. The highest BCUT2D eigenvalue weighted by Crippen LogP contribution is 2.20. The first kappa shape index (κ1) is 30.4. The highest BCUT2D eigenvalue weighted by atomic mass is 32.2. The molecule has 12 heteroatoms. The van der Waals surface area contributed by atoms with Gasteiger partial charge >= 0.3 is 0 Å². The third kappa shape index (κ3) is 8.20. The van der Waals surface area contributed by atoms with Gasteiger partial charge in [-0.15, -0.1) is 0 Å². The summed E-state index contributed by atoms with van der Waals surface area (Å²) >= 11 is 0. The van der Waals surface area contributed by atoms with Crippen LogP contribution in [0.25, 0.3) is 0 Å². The van der Waals surface area contributed by atoms with Crippen molar-refractivity contribution in [3.05, 3.63) is 120 Å². The average molecular weight is 585 g/mol. The summed E-state index contributed by atoms with van der Waals surface area (Å²) in [6.07, 6.45) is 2.27. The zero-order chi connectivity index (χ0) is 29.5. The van der Waals surface area contributed by atoms with Crippen LogP contribution < -0.4 is 0 Å². The van der Waals surface area contributed by atoms with E-state index >= 15 is 0 Å². The molecule has 3 aromatic rings. The number of amides is 2. The number of nitrogens with zero attached hydrogens (tertiary/aromatic N) is 2. The molecule has 3 aromatic carbocycles. The number of hydrogen-bond donors (Lipinski definition) is 2. The summed E-state index contributed by atoms with van der Waals surface area (Å²) in [6.45, 7) is 7.35. The zero-order valence-corrected chi connectivity index (χ0v) is 23.0. The molecular formula is C28H28N2O8S2. The molecule has 0 aliphatic rings. The Kier molecular flexibility index (Phi) is 9.77. The highest BCUT2D eigenvalue weighted by Gasteiger charge is 2.20. The minimum atomic E-state index is -4.50. The van der Waals surface area contributed by atoms with Gasteiger partial charge in [0.2, 0.25) is 11.8 Å². The smallest absolute Gasteiger partial charge is 0.294 e. The molecule has 0 unspecified atom stereocenters. The van der Waals surface area contributed by atoms with Crippen LogP contribution in [0.3, 0.4) is 0 Å². The van der Waals surface area contributed by atoms with E-state index in [9.17, 15) is 35.5 Å². The minimum Gasteiger partial charge on any atom is -0.331 e. The molecule has 210 valence electrons. The van der Waals surface area contributed by atoms with Crippen molar-refractivity contribution in [2.24, 2.45) is 0 Å². The van der Waals surface area contributed by atoms with Gasteiger partial charge in [0.05, 0.1) is 9.79 Å². The van der Waals surface area contributed by atoms with E-state index in [0.717, 1.165) is 17.7 Å². The molecule has 0 saturated heterocycles. The fourth-order valence-electron chi connectivity index (χ4n) is 4.03. The van der Waals surface area contributed by atoms with Gasteiger partial charge in [0.25, 0.3) is 20.2 Å². The van der Waals surface area contributed by atoms with Gasteiger partial charge in [-0.2, -0.15) is 16.8 Å². The third-order valence-electron chi connectivity index (χ3n) is 5.92. The van der Waals surface area contributed by atoms with E-state index in [1.54, 1.807) is 30.3 Å². The molecule has 0 spiro atoms. The van der Waals surface area contributed by atoms with Crippen LogP contribution in [0.1, 0.15) is 22.3 Å². The molecule has 2 N–H and O–H groups in total. The number of carbonyl (C=O) groups excluding carboxylic acids is 2. The molecule has 0 radical (unpaired) electrons. The summed E-state index contributed by atoms with van der Waals surface area (Å²) in [6, 6.07) is 18.4. The summed E-state index contributed by atoms with van der Waals surface area (Å²) in [4.78, 5) is 27.5. The van der Waals surface area contributed by atoms with Crippen molar-refractivity contribution in [2.75, 3.05) is 0 Å². The van der Waals surface area contributed by atoms with Crippen LogP contribution in [0, 0.1) is 0 Å². The number of hydrogen-bond acceptors (Lipinski definition) is 6. The summed E-state index contributed by atoms with van der Waals surface area (Å²) in [5.74, 6) is -0.818. The Bertz CT molecular complexity index is 1630. The Labute approximate surface area is 233 Å². The first-order valence-electron chi connectivity index (χ1n) is 11.8. The molecule has 0 atom stereocenters. The van der Waals surface area contributed by atoms with Gasteiger partial charge in [0.1, 0.15) is 0 Å². The summed E-state index contributed by atoms with van der Waals surface area (Å²) < 4.78 is 65.0. The highest BCUT2D eigenvalue weighted by molar-refractivity contribution is 7.86. The molecule has 0 aliphatic carbocycles. The fourth-order valence-corrected chi connectivity index (χ4v) is 5.22. The van der Waals surface area contributed by atoms with Crippen LogP contribution in [0.2, 0.25) is 0 Å². The maximum absolute atomic E-state index is 12.6. The van der Waals surface area contributed by atoms with Crippen LogP contribution in [0.5, 0.6) is 0 Å². The molecule has 0 fully saturated rings. The molecule has 0 saturated carbocycles. The van der Waals surface area contributed by atoms with Crippen LogP contribution in [-0.4, -0.2) is 47.6 Å². The second-order valence-electron chi connectivity index (χ2n) is 8.82. The maximum Gasteiger partial charge on any atom is 0.294 e. The molecular weight excluding hydrogens is 556 g/mol. The Balaban J connectivity index is 1.83. The lowest BCUT2D eigenvalue weighted by molar-refractivity contribution is -0.127. The van der Waals surface area contributed by atoms with E-state index in [1.807, 2.05) is 0 Å². The van der Waals surface area contributed by atoms with Crippen molar-refractivity contribution in [1.29, 1.82) is 0 Å². The fraction of sp³-hybridized carbons (Fsp3) is 0.143. The van der Waals surface area contributed by atoms with E-state index in [2.05, 4.69) is 13.2 Å². The van der Waals surface area contributed by atoms with Gasteiger partial charge < -0.3 is 9.80 Å². The van der Waals surface area contributed by atoms with Crippen molar-refractivity contribution in [3.63, 3.8) is 0 Å². The van der Waals surface area contributed by atoms with Crippen molar-refractivity contribution >= 4 is 32.1 Å². The van der Waals surface area contributed by atoms with E-state index in [4.69, 9.17) is 0 Å². The van der Waals surface area contributed by atoms with Gasteiger partial charge in [0, 0.05) is 26.2 Å². The van der Waals surface area contributed by atoms with Crippen LogP contribution >= 0.6 is 0 Å². The van der Waals surface area contributed by atoms with Gasteiger partial charge in [-0.1, -0.05) is 67.8 Å². The lowest BCUT2D eigenvalue weighted by atomic mass is 10.1. The van der Waals surface area contributed by atoms with Crippen LogP contribution in [0.15, 0.2) is 108 Å². The SMILES string of the molecule is C=CC(=O)N(Cc1ccc(S(=O)(=O)O)cc1)Cc1cccc(CN(Cc2ccccc2S(=O)(=O)O)C(=O)C=C)c1. The van der Waals surface area contributed by atoms with E-state index in [-0.39, 0.29) is 47.4 Å². The predicted octanol–water partition coefficient (Wildman–Crippen LogP) is 3.61. The lowest BCUT2D eigenvalue weighted by Crippen LogP contribution is -2.30. The molecule has 0 heterocycles. The number of benzene rings is 3. The van der Waals surface area contributed by atoms with Gasteiger partial charge in [-0.25, -0.2) is 0 Å². The Morgan fingerprint density at radius 3 is 1.65 bits per heavy atom. The second kappa shape index (κ2) is 12.8. The monoisotopic (exact) mass is 584 g/mol. The second-order valence-corrected chi connectivity index (χ2v) is 11.6. The Hall–Kier alpha value is -4.10. The quantitative estimate of drug-likeness (QED) is 0.242. The number of rotatable bonds is 12. The first-order valence-corrected chi connectivity index (χ1v) is 14.7. The summed E-state index contributed by atoms with van der Waals surface area (Å²) in [7, 11) is -8.85. The predicted molar refractivity (Wildman–Crippen MR) is 148 cm³/mol. The third-order valence-corrected chi connectivity index (χ3v) is 7.74. The van der Waals surface area contributed by atoms with Crippen LogP contribution in [-0.2, 0) is 56.0 Å². The molecule has 0 bridgehead atoms. The molecule has 40 heavy (non-hydrogen) atoms. The normalized spacial score (nSPS) is 11.4. The van der Waals surface area contributed by atoms with Crippen LogP contribution in [0.4, 0.5) is 0 Å². The summed E-state index contributed by atoms with van der Waals surface area (Å²) in [5.41, 5.74) is 2.28. The zero-order valence-electron chi connectivity index (χ0n) is 21.4. The Morgan fingerprint density at radius 2 is 1.15 bits per heavy atom. The topological polar surface area (TPSA) is 149 Å². The average Bonchev–Trinajstić information content (AvgIpc) is 2.91. The van der Waals surface area contributed by atoms with E-state index < -0.39 is 26.1 Å². The van der Waals surface area contributed by atoms with Crippen molar-refractivity contribution in [2.45, 2.75) is 36.0 Å². The molecule has 2 amide bonds. The first-order chi connectivity index (χ1) is 18.8. The van der Waals surface area contributed by atoms with E-state index in [1.165, 1.54) is 52.3 Å². The van der Waals surface area contributed by atoms with Gasteiger partial charge in [-0.3, -0.25) is 18.7 Å². The lowest BCUT2D eigenvalue weighted by Gasteiger charge is -2.24. The molecule has 0 aliphatic heterocycles. The largest absolute Gasteiger partial charge is 0.331 e. The Morgan fingerprint density at radius 1 is 0.650 bits per heavy atom. The van der Waals surface area contributed by atoms with Crippen molar-refractivity contribution in [1.82, 2.24) is 9.80 Å². The van der Waals surface area contributed by atoms with Crippen molar-refractivity contribution < 1.29 is 35.5 Å². The standard InChI is InChI=1S/C28H28N2O8S2/c1-3-27(31)29(17-21-12-14-25(15-13-21)39(33,34)35)18-22-8-7-9-23(16-22)19-30(28(32)4-2)20-24-10-5-6-11-26(24)40(36,37)38/h3-16H,1-2,17-20H2,(H,33,34,35)(H,36,37,38). The van der Waals surface area contributed by atoms with Crippen molar-refractivity contribution in [3.8, 4) is 0 Å². The molecule has 10 nitrogen and oxygen atoms in total. The van der Waals surface area contributed by atoms with Gasteiger partial charge in [0.15, 0.2) is 0 Å². The summed E-state index contributed by atoms with van der Waals surface area (Å²) in [5, 5.41) is 0. The van der Waals surface area contributed by atoms with Gasteiger partial charge in [-0.05, 0) is 52.6 Å². The minimum absolute atomic E-state index is 0.0883. The molecule has 3 rings (SSSR count). The number of carbonyl (C=O) groups is 2. The maximum atomic E-state index is 12.6. The van der Waals surface area contributed by atoms with E-state index in [0.29, 0.717) is 11.1 Å².